The molecule has 0 spiro atoms. The first-order valence-corrected chi connectivity index (χ1v) is 13.5. The lowest BCUT2D eigenvalue weighted by Crippen LogP contribution is -2.66. The fraction of sp³-hybridized carbons (Fsp3) is 0.893. The molecule has 0 amide bonds. The second kappa shape index (κ2) is 7.84. The van der Waals surface area contributed by atoms with Gasteiger partial charge in [-0.05, 0) is 75.9 Å². The van der Waals surface area contributed by atoms with Gasteiger partial charge < -0.3 is 35.4 Å². The average molecular weight is 509 g/mol. The molecule has 0 aromatic heterocycles. The van der Waals surface area contributed by atoms with E-state index in [-0.39, 0.29) is 37.1 Å². The summed E-state index contributed by atoms with van der Waals surface area (Å²) in [6.07, 6.45) is -0.806. The summed E-state index contributed by atoms with van der Waals surface area (Å²) in [5, 5.41) is 67.0. The summed E-state index contributed by atoms with van der Waals surface area (Å²) in [5.74, 6) is -1.85. The first-order valence-electron chi connectivity index (χ1n) is 13.5. The van der Waals surface area contributed by atoms with Crippen LogP contribution in [0.15, 0.2) is 11.6 Å². The minimum Gasteiger partial charge on any atom is -0.392 e. The Bertz CT molecular complexity index is 969. The maximum absolute atomic E-state index is 13.3. The van der Waals surface area contributed by atoms with Gasteiger partial charge in [0.25, 0.3) is 0 Å². The molecule has 1 saturated heterocycles. The SMILES string of the molecule is CC([C@@H]1O[C@H]1[C@](C)(O)[C@H]1CC[C@@]2(O)C3=CC(=O)[C@@H]4C[C@@H](O)[C@@H](O)C[C@]4(C)[C@H]3[C@H](O)C[C@]12C)C(C)(C)O. The first kappa shape index (κ1) is 26.7. The van der Waals surface area contributed by atoms with Crippen molar-refractivity contribution in [3.63, 3.8) is 0 Å². The van der Waals surface area contributed by atoms with Gasteiger partial charge in [0.1, 0.15) is 6.10 Å². The second-order valence-electron chi connectivity index (χ2n) is 13.9. The Morgan fingerprint density at radius 1 is 1.06 bits per heavy atom. The standard InChI is InChI=1S/C28H44O8/c1-13(24(2,3)33)22-23(36-22)27(6,34)20-7-8-28(35)15-10-16(29)14-9-17(30)18(31)11-25(14,4)21(15)19(32)12-26(20,28)5/h10,13-14,17-23,30-35H,7-9,11-12H2,1-6H3/t13?,14-,17+,18-,19+,20-,21+,22-,23+,25-,26+,27+,28+/m0/s1. The lowest BCUT2D eigenvalue weighted by Gasteiger charge is -2.62. The van der Waals surface area contributed by atoms with Crippen molar-refractivity contribution >= 4 is 5.78 Å². The lowest BCUT2D eigenvalue weighted by molar-refractivity contribution is -0.185. The van der Waals surface area contributed by atoms with Crippen LogP contribution in [0.4, 0.5) is 0 Å². The van der Waals surface area contributed by atoms with Crippen LogP contribution in [0.3, 0.4) is 0 Å². The van der Waals surface area contributed by atoms with Gasteiger partial charge in [-0.2, -0.15) is 0 Å². The fourth-order valence-corrected chi connectivity index (χ4v) is 9.00. The number of hydrogen-bond acceptors (Lipinski definition) is 8. The zero-order valence-electron chi connectivity index (χ0n) is 22.3. The summed E-state index contributed by atoms with van der Waals surface area (Å²) >= 11 is 0. The van der Waals surface area contributed by atoms with E-state index in [1.54, 1.807) is 20.8 Å². The molecule has 3 saturated carbocycles. The molecule has 8 heteroatoms. The van der Waals surface area contributed by atoms with Crippen LogP contribution >= 0.6 is 0 Å². The Kier molecular flexibility index (Phi) is 5.82. The normalized spacial score (nSPS) is 53.0. The molecule has 1 aliphatic heterocycles. The van der Waals surface area contributed by atoms with E-state index in [0.717, 1.165) is 0 Å². The van der Waals surface area contributed by atoms with Crippen molar-refractivity contribution in [2.75, 3.05) is 0 Å². The van der Waals surface area contributed by atoms with Gasteiger partial charge in [-0.3, -0.25) is 4.79 Å². The van der Waals surface area contributed by atoms with E-state index < -0.39 is 69.8 Å². The third-order valence-corrected chi connectivity index (χ3v) is 11.5. The Morgan fingerprint density at radius 2 is 1.69 bits per heavy atom. The Balaban J connectivity index is 1.50. The molecule has 0 radical (unpaired) electrons. The van der Waals surface area contributed by atoms with Crippen molar-refractivity contribution in [1.82, 2.24) is 0 Å². The number of allylic oxidation sites excluding steroid dienone is 1. The van der Waals surface area contributed by atoms with Gasteiger partial charge in [-0.15, -0.1) is 0 Å². The zero-order chi connectivity index (χ0) is 26.8. The number of aliphatic hydroxyl groups is 6. The van der Waals surface area contributed by atoms with Gasteiger partial charge >= 0.3 is 0 Å². The van der Waals surface area contributed by atoms with Crippen LogP contribution < -0.4 is 0 Å². The van der Waals surface area contributed by atoms with Crippen LogP contribution in [-0.4, -0.2) is 83.7 Å². The van der Waals surface area contributed by atoms with Crippen molar-refractivity contribution in [1.29, 1.82) is 0 Å². The number of epoxide rings is 1. The van der Waals surface area contributed by atoms with Crippen LogP contribution in [0.1, 0.15) is 73.6 Å². The molecule has 1 unspecified atom stereocenters. The largest absolute Gasteiger partial charge is 0.392 e. The molecule has 5 aliphatic rings. The van der Waals surface area contributed by atoms with Gasteiger partial charge in [0, 0.05) is 23.2 Å². The molecule has 8 nitrogen and oxygen atoms in total. The second-order valence-corrected chi connectivity index (χ2v) is 13.9. The van der Waals surface area contributed by atoms with Crippen molar-refractivity contribution in [2.45, 2.75) is 121 Å². The number of ether oxygens (including phenoxy) is 1. The summed E-state index contributed by atoms with van der Waals surface area (Å²) in [6, 6.07) is 0. The Morgan fingerprint density at radius 3 is 2.31 bits per heavy atom. The van der Waals surface area contributed by atoms with Gasteiger partial charge in [0.2, 0.25) is 0 Å². The molecule has 0 aromatic carbocycles. The van der Waals surface area contributed by atoms with E-state index in [1.807, 2.05) is 20.8 Å². The number of ketones is 1. The van der Waals surface area contributed by atoms with Crippen LogP contribution in [-0.2, 0) is 9.53 Å². The third kappa shape index (κ3) is 3.41. The number of carbonyl (C=O) groups is 1. The Labute approximate surface area is 213 Å². The highest BCUT2D eigenvalue weighted by molar-refractivity contribution is 5.95. The van der Waals surface area contributed by atoms with Crippen LogP contribution in [0, 0.1) is 34.5 Å². The molecule has 0 aromatic rings. The number of carbonyl (C=O) groups excluding carboxylic acids is 1. The smallest absolute Gasteiger partial charge is 0.159 e. The minimum absolute atomic E-state index is 0.135. The number of rotatable bonds is 4. The van der Waals surface area contributed by atoms with E-state index >= 15 is 0 Å². The summed E-state index contributed by atoms with van der Waals surface area (Å²) in [5.41, 5.74) is -4.88. The van der Waals surface area contributed by atoms with Gasteiger partial charge in [0.05, 0.1) is 41.2 Å². The van der Waals surface area contributed by atoms with Crippen molar-refractivity contribution < 1.29 is 40.2 Å². The van der Waals surface area contributed by atoms with E-state index in [9.17, 15) is 35.4 Å². The highest BCUT2D eigenvalue weighted by Gasteiger charge is 2.73. The molecule has 0 bridgehead atoms. The molecular weight excluding hydrogens is 464 g/mol. The topological polar surface area (TPSA) is 151 Å². The predicted octanol–water partition coefficient (Wildman–Crippen LogP) is 1.09. The molecular formula is C28H44O8. The molecule has 1 heterocycles. The molecule has 5 rings (SSSR count). The highest BCUT2D eigenvalue weighted by Crippen LogP contribution is 2.69. The van der Waals surface area contributed by atoms with Crippen molar-refractivity contribution in [3.8, 4) is 0 Å². The van der Waals surface area contributed by atoms with E-state index in [2.05, 4.69) is 0 Å². The average Bonchev–Trinajstić information content (AvgIpc) is 3.49. The summed E-state index contributed by atoms with van der Waals surface area (Å²) in [6.45, 7) is 10.9. The molecule has 36 heavy (non-hydrogen) atoms. The van der Waals surface area contributed by atoms with Crippen LogP contribution in [0.5, 0.6) is 0 Å². The fourth-order valence-electron chi connectivity index (χ4n) is 9.00. The number of hydrogen-bond donors (Lipinski definition) is 6. The number of aliphatic hydroxyl groups excluding tert-OH is 3. The molecule has 204 valence electrons. The summed E-state index contributed by atoms with van der Waals surface area (Å²) in [4.78, 5) is 13.3. The molecule has 4 aliphatic carbocycles. The highest BCUT2D eigenvalue weighted by atomic mass is 16.6. The molecule has 4 fully saturated rings. The van der Waals surface area contributed by atoms with Crippen molar-refractivity contribution in [3.05, 3.63) is 11.6 Å². The van der Waals surface area contributed by atoms with Gasteiger partial charge in [-0.25, -0.2) is 0 Å². The van der Waals surface area contributed by atoms with E-state index in [4.69, 9.17) is 4.74 Å². The molecule has 13 atom stereocenters. The first-order chi connectivity index (χ1) is 16.4. The van der Waals surface area contributed by atoms with Crippen LogP contribution in [0.2, 0.25) is 0 Å². The summed E-state index contributed by atoms with van der Waals surface area (Å²) < 4.78 is 5.92. The van der Waals surface area contributed by atoms with E-state index in [1.165, 1.54) is 6.08 Å². The van der Waals surface area contributed by atoms with Crippen LogP contribution in [0.25, 0.3) is 0 Å². The quantitative estimate of drug-likeness (QED) is 0.309. The lowest BCUT2D eigenvalue weighted by atomic mass is 9.45. The predicted molar refractivity (Wildman–Crippen MR) is 131 cm³/mol. The van der Waals surface area contributed by atoms with E-state index in [0.29, 0.717) is 18.4 Å². The van der Waals surface area contributed by atoms with Crippen molar-refractivity contribution in [2.24, 2.45) is 34.5 Å². The maximum atomic E-state index is 13.3. The van der Waals surface area contributed by atoms with Gasteiger partial charge in [-0.1, -0.05) is 20.8 Å². The Hall–Kier alpha value is -0.870. The zero-order valence-corrected chi connectivity index (χ0v) is 22.3. The maximum Gasteiger partial charge on any atom is 0.159 e. The molecule has 6 N–H and O–H groups in total. The number of fused-ring (bicyclic) bond motifs is 5. The van der Waals surface area contributed by atoms with Gasteiger partial charge in [0.15, 0.2) is 5.78 Å². The monoisotopic (exact) mass is 508 g/mol. The minimum atomic E-state index is -1.40. The third-order valence-electron chi connectivity index (χ3n) is 11.5. The summed E-state index contributed by atoms with van der Waals surface area (Å²) in [7, 11) is 0.